The van der Waals surface area contributed by atoms with Crippen molar-refractivity contribution in [2.75, 3.05) is 5.75 Å². The van der Waals surface area contributed by atoms with Gasteiger partial charge in [0, 0.05) is 12.6 Å². The third kappa shape index (κ3) is 17.5. The van der Waals surface area contributed by atoms with E-state index in [4.69, 9.17) is 14.2 Å². The highest BCUT2D eigenvalue weighted by Gasteiger charge is 2.42. The van der Waals surface area contributed by atoms with Crippen LogP contribution in [0.15, 0.2) is 4.40 Å². The Kier molecular flexibility index (Phi) is 11.9. The molecular weight excluding hydrogens is 523 g/mol. The molecule has 2 atom stereocenters. The molecule has 0 aliphatic carbocycles. The first kappa shape index (κ1) is 34.4. The molecule has 0 aliphatic heterocycles. The Bertz CT molecular complexity index is 931. The first-order chi connectivity index (χ1) is 16.3. The molecule has 11 nitrogen and oxygen atoms in total. The molecular formula is C22H38F3N3O8S. The van der Waals surface area contributed by atoms with Gasteiger partial charge < -0.3 is 24.8 Å². The van der Waals surface area contributed by atoms with Crippen LogP contribution in [0.25, 0.3) is 0 Å². The number of amides is 2. The van der Waals surface area contributed by atoms with E-state index in [1.807, 2.05) is 0 Å². The molecule has 0 radical (unpaired) electrons. The van der Waals surface area contributed by atoms with Crippen LogP contribution in [0.3, 0.4) is 0 Å². The number of ether oxygens (including phenoxy) is 3. The van der Waals surface area contributed by atoms with Gasteiger partial charge in [0.05, 0.1) is 5.75 Å². The summed E-state index contributed by atoms with van der Waals surface area (Å²) in [5, 5.41) is 3.87. The van der Waals surface area contributed by atoms with E-state index in [1.54, 1.807) is 46.9 Å². The number of halogens is 3. The maximum Gasteiger partial charge on any atom is 0.408 e. The summed E-state index contributed by atoms with van der Waals surface area (Å²) in [6.07, 6.45) is -7.99. The van der Waals surface area contributed by atoms with E-state index in [0.717, 1.165) is 6.21 Å². The number of nitrogens with zero attached hydrogens (tertiary/aromatic N) is 1. The van der Waals surface area contributed by atoms with Crippen molar-refractivity contribution in [3.05, 3.63) is 0 Å². The van der Waals surface area contributed by atoms with Gasteiger partial charge in [-0.05, 0) is 68.7 Å². The Labute approximate surface area is 215 Å². The van der Waals surface area contributed by atoms with Crippen LogP contribution >= 0.6 is 0 Å². The lowest BCUT2D eigenvalue weighted by Crippen LogP contribution is -2.48. The van der Waals surface area contributed by atoms with Crippen molar-refractivity contribution in [1.29, 1.82) is 0 Å². The maximum absolute atomic E-state index is 13.3. The monoisotopic (exact) mass is 561 g/mol. The van der Waals surface area contributed by atoms with Gasteiger partial charge >= 0.3 is 24.3 Å². The minimum absolute atomic E-state index is 0.452. The van der Waals surface area contributed by atoms with E-state index in [0.29, 0.717) is 0 Å². The molecule has 0 saturated carbocycles. The number of hydrogen-bond donors (Lipinski definition) is 2. The summed E-state index contributed by atoms with van der Waals surface area (Å²) in [6, 6.07) is -3.89. The number of carbonyl (C=O) groups excluding carboxylic acids is 3. The number of alkyl carbamates (subject to hydrolysis) is 2. The van der Waals surface area contributed by atoms with E-state index < -0.39 is 81.8 Å². The molecule has 0 aromatic rings. The van der Waals surface area contributed by atoms with E-state index in [-0.39, 0.29) is 0 Å². The van der Waals surface area contributed by atoms with Gasteiger partial charge in [-0.1, -0.05) is 0 Å². The molecule has 0 saturated heterocycles. The molecule has 2 N–H and O–H groups in total. The first-order valence-electron chi connectivity index (χ1n) is 11.3. The Morgan fingerprint density at radius 1 is 0.811 bits per heavy atom. The fraction of sp³-hybridized carbons (Fsp3) is 0.818. The average Bonchev–Trinajstić information content (AvgIpc) is 2.58. The molecule has 15 heteroatoms. The SMILES string of the molecule is CC(C)(C)OC(=O)NC(CCS(=O)(=O)N=CC[C@H](NC(=O)OC(C)(C)C)C(=O)OC(C)(C)C)C(F)(F)F. The second-order valence-electron chi connectivity index (χ2n) is 11.1. The predicted octanol–water partition coefficient (Wildman–Crippen LogP) is 3.86. The van der Waals surface area contributed by atoms with Crippen LogP contribution in [0, 0.1) is 0 Å². The Morgan fingerprint density at radius 3 is 1.65 bits per heavy atom. The third-order valence-electron chi connectivity index (χ3n) is 3.71. The van der Waals surface area contributed by atoms with Crippen molar-refractivity contribution in [3.63, 3.8) is 0 Å². The van der Waals surface area contributed by atoms with Crippen LogP contribution in [-0.4, -0.2) is 73.6 Å². The van der Waals surface area contributed by atoms with Gasteiger partial charge in [0.2, 0.25) is 0 Å². The normalized spacial score (nSPS) is 15.0. The molecule has 216 valence electrons. The first-order valence-corrected chi connectivity index (χ1v) is 13.0. The number of nitrogens with one attached hydrogen (secondary N) is 2. The number of rotatable bonds is 9. The van der Waals surface area contributed by atoms with Gasteiger partial charge in [0.15, 0.2) is 0 Å². The van der Waals surface area contributed by atoms with Crippen molar-refractivity contribution in [2.45, 2.75) is 110 Å². The smallest absolute Gasteiger partial charge is 0.408 e. The lowest BCUT2D eigenvalue weighted by molar-refractivity contribution is -0.157. The van der Waals surface area contributed by atoms with E-state index in [2.05, 4.69) is 9.71 Å². The summed E-state index contributed by atoms with van der Waals surface area (Å²) in [5.74, 6) is -1.97. The highest BCUT2D eigenvalue weighted by molar-refractivity contribution is 7.90. The summed E-state index contributed by atoms with van der Waals surface area (Å²) in [5.41, 5.74) is -2.88. The number of hydrogen-bond acceptors (Lipinski definition) is 8. The Morgan fingerprint density at radius 2 is 1.24 bits per heavy atom. The summed E-state index contributed by atoms with van der Waals surface area (Å²) in [4.78, 5) is 36.3. The number of alkyl halides is 3. The topological polar surface area (TPSA) is 149 Å². The fourth-order valence-corrected chi connectivity index (χ4v) is 3.34. The average molecular weight is 562 g/mol. The van der Waals surface area contributed by atoms with Crippen LogP contribution in [0.2, 0.25) is 0 Å². The lowest BCUT2D eigenvalue weighted by Gasteiger charge is -2.25. The standard InChI is InChI=1S/C22H38F3N3O8S/c1-19(2,3)34-16(29)14(27-17(30)35-20(4,5)6)10-12-26-37(32,33)13-11-15(22(23,24)25)28-18(31)36-21(7,8)9/h12,14-15H,10-11,13H2,1-9H3,(H,27,30)(H,28,31)/t14-,15?/m0/s1. The molecule has 0 fully saturated rings. The zero-order valence-corrected chi connectivity index (χ0v) is 23.4. The molecule has 2 amide bonds. The van der Waals surface area contributed by atoms with E-state index >= 15 is 0 Å². The van der Waals surface area contributed by atoms with Crippen LogP contribution in [0.1, 0.15) is 75.2 Å². The lowest BCUT2D eigenvalue weighted by atomic mass is 10.1. The molecule has 0 aromatic carbocycles. The maximum atomic E-state index is 13.3. The molecule has 1 unspecified atom stereocenters. The van der Waals surface area contributed by atoms with Crippen molar-refractivity contribution in [3.8, 4) is 0 Å². The number of esters is 1. The van der Waals surface area contributed by atoms with Crippen molar-refractivity contribution in [1.82, 2.24) is 10.6 Å². The summed E-state index contributed by atoms with van der Waals surface area (Å²) >= 11 is 0. The Balaban J connectivity index is 5.41. The second kappa shape index (κ2) is 12.8. The molecule has 0 heterocycles. The molecule has 0 spiro atoms. The van der Waals surface area contributed by atoms with E-state index in [9.17, 15) is 36.0 Å². The second-order valence-corrected chi connectivity index (χ2v) is 12.9. The van der Waals surface area contributed by atoms with Crippen LogP contribution in [-0.2, 0) is 29.0 Å². The number of carbonyl (C=O) groups is 3. The van der Waals surface area contributed by atoms with Crippen LogP contribution < -0.4 is 10.6 Å². The van der Waals surface area contributed by atoms with Crippen LogP contribution in [0.5, 0.6) is 0 Å². The molecule has 0 bridgehead atoms. The van der Waals surface area contributed by atoms with Gasteiger partial charge in [0.1, 0.15) is 28.9 Å². The molecule has 0 aliphatic rings. The molecule has 37 heavy (non-hydrogen) atoms. The third-order valence-corrected chi connectivity index (χ3v) is 4.93. The van der Waals surface area contributed by atoms with Gasteiger partial charge in [-0.25, -0.2) is 22.8 Å². The summed E-state index contributed by atoms with van der Waals surface area (Å²) in [7, 11) is -4.44. The highest BCUT2D eigenvalue weighted by atomic mass is 32.2. The summed E-state index contributed by atoms with van der Waals surface area (Å²) in [6.45, 7) is 13.9. The minimum Gasteiger partial charge on any atom is -0.458 e. The van der Waals surface area contributed by atoms with Gasteiger partial charge in [-0.15, -0.1) is 0 Å². The van der Waals surface area contributed by atoms with Gasteiger partial charge in [0.25, 0.3) is 10.0 Å². The zero-order valence-electron chi connectivity index (χ0n) is 22.6. The van der Waals surface area contributed by atoms with Gasteiger partial charge in [-0.2, -0.15) is 17.6 Å². The fourth-order valence-electron chi connectivity index (χ4n) is 2.39. The van der Waals surface area contributed by atoms with Gasteiger partial charge in [-0.3, -0.25) is 0 Å². The quantitative estimate of drug-likeness (QED) is 0.245. The Hall–Kier alpha value is -2.58. The predicted molar refractivity (Wildman–Crippen MR) is 130 cm³/mol. The summed E-state index contributed by atoms with van der Waals surface area (Å²) < 4.78 is 82.7. The van der Waals surface area contributed by atoms with Crippen molar-refractivity contribution >= 4 is 34.4 Å². The molecule has 0 aromatic heterocycles. The zero-order chi connectivity index (χ0) is 29.5. The highest BCUT2D eigenvalue weighted by Crippen LogP contribution is 2.24. The molecule has 0 rings (SSSR count). The van der Waals surface area contributed by atoms with Crippen molar-refractivity contribution < 1.29 is 50.2 Å². The minimum atomic E-state index is -4.95. The number of sulfonamides is 1. The van der Waals surface area contributed by atoms with Crippen molar-refractivity contribution in [2.24, 2.45) is 4.40 Å². The largest absolute Gasteiger partial charge is 0.458 e. The van der Waals surface area contributed by atoms with E-state index in [1.165, 1.54) is 20.8 Å². The van der Waals surface area contributed by atoms with Crippen LogP contribution in [0.4, 0.5) is 22.8 Å².